The fourth-order valence-corrected chi connectivity index (χ4v) is 2.96. The van der Waals surface area contributed by atoms with E-state index in [-0.39, 0.29) is 22.8 Å². The third kappa shape index (κ3) is 8.09. The van der Waals surface area contributed by atoms with Crippen LogP contribution in [0, 0.1) is 5.82 Å². The molecule has 2 nitrogen and oxygen atoms in total. The van der Waals surface area contributed by atoms with E-state index in [0.717, 1.165) is 16.8 Å². The quantitative estimate of drug-likeness (QED) is 0.562. The summed E-state index contributed by atoms with van der Waals surface area (Å²) in [6.07, 6.45) is 0. The van der Waals surface area contributed by atoms with Gasteiger partial charge in [0.1, 0.15) is 5.82 Å². The van der Waals surface area contributed by atoms with Gasteiger partial charge < -0.3 is 27.0 Å². The molecule has 5 heteroatoms. The third-order valence-corrected chi connectivity index (χ3v) is 4.39. The Morgan fingerprint density at radius 2 is 1.28 bits per heavy atom. The SMILES string of the molecule is CC(C)(O)c1cc(F)cc(N(Cc2ccccc2)Cc2ccccc2)c1.[Br-].[CH3][Mg+]. The molecule has 0 amide bonds. The maximum absolute atomic E-state index is 14.3. The molecule has 0 heterocycles. The Labute approximate surface area is 197 Å². The van der Waals surface area contributed by atoms with Crippen LogP contribution in [0.25, 0.3) is 0 Å². The fourth-order valence-electron chi connectivity index (χ4n) is 2.96. The van der Waals surface area contributed by atoms with Crippen molar-refractivity contribution in [2.45, 2.75) is 37.6 Å². The Kier molecular flexibility index (Phi) is 10.9. The van der Waals surface area contributed by atoms with Crippen LogP contribution >= 0.6 is 0 Å². The molecule has 29 heavy (non-hydrogen) atoms. The van der Waals surface area contributed by atoms with Gasteiger partial charge in [0.2, 0.25) is 0 Å². The van der Waals surface area contributed by atoms with E-state index in [9.17, 15) is 9.50 Å². The summed E-state index contributed by atoms with van der Waals surface area (Å²) >= 11 is 1.86. The Hall–Kier alpha value is -1.40. The summed E-state index contributed by atoms with van der Waals surface area (Å²) in [4.78, 5) is 2.13. The first kappa shape index (κ1) is 25.6. The van der Waals surface area contributed by atoms with E-state index < -0.39 is 5.60 Å². The first-order valence-corrected chi connectivity index (χ1v) is 10.9. The van der Waals surface area contributed by atoms with Gasteiger partial charge in [-0.2, -0.15) is 0 Å². The molecular weight excluding hydrogens is 441 g/mol. The summed E-state index contributed by atoms with van der Waals surface area (Å²) in [6.45, 7) is 4.66. The molecule has 0 aliphatic heterocycles. The molecule has 0 aliphatic carbocycles. The van der Waals surface area contributed by atoms with Crippen molar-refractivity contribution < 1.29 is 26.5 Å². The van der Waals surface area contributed by atoms with Gasteiger partial charge >= 0.3 is 26.8 Å². The molecule has 3 aromatic carbocycles. The van der Waals surface area contributed by atoms with Crippen LogP contribution in [0.5, 0.6) is 0 Å². The van der Waals surface area contributed by atoms with Gasteiger partial charge in [0.15, 0.2) is 0 Å². The molecule has 1 N–H and O–H groups in total. The Morgan fingerprint density at radius 1 is 0.828 bits per heavy atom. The zero-order valence-corrected chi connectivity index (χ0v) is 20.3. The van der Waals surface area contributed by atoms with Crippen LogP contribution < -0.4 is 21.9 Å². The van der Waals surface area contributed by atoms with Crippen molar-refractivity contribution in [2.24, 2.45) is 0 Å². The fraction of sp³-hybridized carbons (Fsp3) is 0.250. The molecular formula is C24H27BrFMgNO. The van der Waals surface area contributed by atoms with Crippen molar-refractivity contribution in [2.75, 3.05) is 4.90 Å². The summed E-state index contributed by atoms with van der Waals surface area (Å²) in [5, 5.41) is 12.3. The van der Waals surface area contributed by atoms with Crippen LogP contribution in [0.4, 0.5) is 10.1 Å². The molecule has 0 fully saturated rings. The van der Waals surface area contributed by atoms with Crippen LogP contribution in [-0.2, 0) is 18.7 Å². The standard InChI is InChI=1S/C23H24FNO.CH3.BrH.Mg/c1-23(2,26)20-13-21(24)15-22(14-20)25(16-18-9-5-3-6-10-18)17-19-11-7-4-8-12-19;;;/h3-15,26H,16-17H2,1-2H3;1H3;1H;/q;;;+1/p-1. The van der Waals surface area contributed by atoms with Crippen molar-refractivity contribution in [3.05, 3.63) is 101 Å². The van der Waals surface area contributed by atoms with Crippen LogP contribution in [0.2, 0.25) is 5.05 Å². The van der Waals surface area contributed by atoms with Gasteiger partial charge in [0.25, 0.3) is 0 Å². The van der Waals surface area contributed by atoms with Crippen LogP contribution in [0.1, 0.15) is 30.5 Å². The van der Waals surface area contributed by atoms with Crippen LogP contribution in [0.15, 0.2) is 78.9 Å². The average Bonchev–Trinajstić information content (AvgIpc) is 2.69. The van der Waals surface area contributed by atoms with Crippen molar-refractivity contribution in [1.82, 2.24) is 0 Å². The predicted molar refractivity (Wildman–Crippen MR) is 116 cm³/mol. The topological polar surface area (TPSA) is 23.5 Å². The molecule has 0 bridgehead atoms. The normalized spacial score (nSPS) is 10.4. The number of benzene rings is 3. The first-order chi connectivity index (χ1) is 13.4. The number of hydrogen-bond acceptors (Lipinski definition) is 2. The van der Waals surface area contributed by atoms with Gasteiger partial charge in [0, 0.05) is 18.8 Å². The van der Waals surface area contributed by atoms with Gasteiger partial charge in [-0.05, 0) is 48.7 Å². The molecule has 0 atom stereocenters. The van der Waals surface area contributed by atoms with E-state index in [1.807, 2.05) is 69.2 Å². The number of hydrogen-bond donors (Lipinski definition) is 1. The second-order valence-corrected chi connectivity index (χ2v) is 7.08. The van der Waals surface area contributed by atoms with E-state index >= 15 is 0 Å². The van der Waals surface area contributed by atoms with Gasteiger partial charge in [0.05, 0.1) is 5.60 Å². The van der Waals surface area contributed by atoms with E-state index in [1.54, 1.807) is 13.8 Å². The molecule has 0 aromatic heterocycles. The maximum atomic E-state index is 14.3. The molecule has 0 spiro atoms. The van der Waals surface area contributed by atoms with E-state index in [4.69, 9.17) is 0 Å². The predicted octanol–water partition coefficient (Wildman–Crippen LogP) is 2.47. The zero-order valence-electron chi connectivity index (χ0n) is 17.3. The zero-order chi connectivity index (χ0) is 20.6. The Morgan fingerprint density at radius 3 is 1.69 bits per heavy atom. The van der Waals surface area contributed by atoms with Crippen LogP contribution in [0.3, 0.4) is 0 Å². The molecule has 0 radical (unpaired) electrons. The molecule has 0 aliphatic rings. The van der Waals surface area contributed by atoms with Crippen molar-refractivity contribution in [3.8, 4) is 0 Å². The molecule has 3 aromatic rings. The van der Waals surface area contributed by atoms with Crippen LogP contribution in [-0.4, -0.2) is 26.8 Å². The van der Waals surface area contributed by atoms with Crippen molar-refractivity contribution in [1.29, 1.82) is 0 Å². The van der Waals surface area contributed by atoms with Gasteiger partial charge in [-0.15, -0.1) is 0 Å². The first-order valence-electron chi connectivity index (χ1n) is 9.49. The second-order valence-electron chi connectivity index (χ2n) is 7.08. The van der Waals surface area contributed by atoms with Gasteiger partial charge in [-0.3, -0.25) is 0 Å². The number of aliphatic hydroxyl groups is 1. The van der Waals surface area contributed by atoms with Gasteiger partial charge in [-0.1, -0.05) is 60.7 Å². The van der Waals surface area contributed by atoms with Gasteiger partial charge in [-0.25, -0.2) is 4.39 Å². The third-order valence-electron chi connectivity index (χ3n) is 4.39. The van der Waals surface area contributed by atoms with E-state index in [0.29, 0.717) is 18.7 Å². The summed E-state index contributed by atoms with van der Waals surface area (Å²) in [6, 6.07) is 25.0. The molecule has 150 valence electrons. The second kappa shape index (κ2) is 12.3. The summed E-state index contributed by atoms with van der Waals surface area (Å²) in [5.74, 6) is -0.342. The van der Waals surface area contributed by atoms with E-state index in [1.165, 1.54) is 12.1 Å². The van der Waals surface area contributed by atoms with Crippen molar-refractivity contribution >= 4 is 27.4 Å². The van der Waals surface area contributed by atoms with Crippen molar-refractivity contribution in [3.63, 3.8) is 0 Å². The number of nitrogens with zero attached hydrogens (tertiary/aromatic N) is 1. The minimum absolute atomic E-state index is 0. The average molecular weight is 469 g/mol. The van der Waals surface area contributed by atoms with E-state index in [2.05, 4.69) is 29.2 Å². The summed E-state index contributed by atoms with van der Waals surface area (Å²) in [5.41, 5.74) is 2.53. The molecule has 0 unspecified atom stereocenters. The number of rotatable bonds is 6. The number of halogens is 2. The number of anilines is 1. The summed E-state index contributed by atoms with van der Waals surface area (Å²) in [7, 11) is 0. The Bertz CT molecular complexity index is 812. The monoisotopic (exact) mass is 467 g/mol. The summed E-state index contributed by atoms with van der Waals surface area (Å²) < 4.78 is 14.3. The Balaban J connectivity index is 0.00000136. The minimum atomic E-state index is -1.10. The molecule has 0 saturated carbocycles. The molecule has 0 saturated heterocycles. The molecule has 3 rings (SSSR count).